The van der Waals surface area contributed by atoms with E-state index in [2.05, 4.69) is 0 Å². The Labute approximate surface area is 96.3 Å². The van der Waals surface area contributed by atoms with Crippen LogP contribution in [0.5, 0.6) is 5.75 Å². The van der Waals surface area contributed by atoms with Crippen LogP contribution in [0.15, 0.2) is 18.2 Å². The van der Waals surface area contributed by atoms with E-state index in [1.807, 2.05) is 6.92 Å². The Kier molecular flexibility index (Phi) is 4.18. The van der Waals surface area contributed by atoms with Gasteiger partial charge in [-0.1, -0.05) is 6.92 Å². The van der Waals surface area contributed by atoms with Crippen molar-refractivity contribution in [2.24, 2.45) is 0 Å². The fourth-order valence-electron chi connectivity index (χ4n) is 1.35. The first-order valence-electron chi connectivity index (χ1n) is 5.11. The molecule has 0 aliphatic heterocycles. The van der Waals surface area contributed by atoms with Gasteiger partial charge in [-0.3, -0.25) is 0 Å². The summed E-state index contributed by atoms with van der Waals surface area (Å²) in [5, 5.41) is 0. The van der Waals surface area contributed by atoms with Crippen molar-refractivity contribution in [2.45, 2.75) is 19.1 Å². The fraction of sp³-hybridized carbons (Fsp3) is 0.455. The Morgan fingerprint density at radius 1 is 1.38 bits per heavy atom. The van der Waals surface area contributed by atoms with Crippen molar-refractivity contribution < 1.29 is 13.2 Å². The first-order valence-corrected chi connectivity index (χ1v) is 7.17. The van der Waals surface area contributed by atoms with Gasteiger partial charge in [-0.15, -0.1) is 0 Å². The molecular weight excluding hydrogens is 226 g/mol. The van der Waals surface area contributed by atoms with Crippen molar-refractivity contribution in [1.29, 1.82) is 0 Å². The van der Waals surface area contributed by atoms with Gasteiger partial charge in [0.15, 0.2) is 9.84 Å². The van der Waals surface area contributed by atoms with E-state index >= 15 is 0 Å². The molecule has 2 N–H and O–H groups in total. The maximum absolute atomic E-state index is 11.2. The standard InChI is InChI=1S/C11H17NO3S/c1-3-6-15-11-5-4-10(12)7-9(11)8-16(2,13)14/h4-5,7H,3,6,8,12H2,1-2H3. The molecule has 0 aliphatic carbocycles. The van der Waals surface area contributed by atoms with Crippen LogP contribution in [0.25, 0.3) is 0 Å². The molecule has 0 unspecified atom stereocenters. The van der Waals surface area contributed by atoms with Crippen molar-refractivity contribution in [1.82, 2.24) is 0 Å². The van der Waals surface area contributed by atoms with Gasteiger partial charge in [0, 0.05) is 17.5 Å². The Morgan fingerprint density at radius 2 is 2.06 bits per heavy atom. The number of rotatable bonds is 5. The molecule has 0 bridgehead atoms. The summed E-state index contributed by atoms with van der Waals surface area (Å²) in [6, 6.07) is 5.06. The van der Waals surface area contributed by atoms with Crippen molar-refractivity contribution >= 4 is 15.5 Å². The van der Waals surface area contributed by atoms with Crippen LogP contribution in [0.4, 0.5) is 5.69 Å². The first kappa shape index (κ1) is 12.8. The summed E-state index contributed by atoms with van der Waals surface area (Å²) in [6.07, 6.45) is 2.07. The molecule has 4 nitrogen and oxygen atoms in total. The van der Waals surface area contributed by atoms with Crippen LogP contribution >= 0.6 is 0 Å². The third kappa shape index (κ3) is 4.10. The van der Waals surface area contributed by atoms with Crippen molar-refractivity contribution in [3.63, 3.8) is 0 Å². The largest absolute Gasteiger partial charge is 0.493 e. The lowest BCUT2D eigenvalue weighted by Crippen LogP contribution is -2.05. The molecule has 0 radical (unpaired) electrons. The highest BCUT2D eigenvalue weighted by Gasteiger charge is 2.10. The van der Waals surface area contributed by atoms with E-state index in [0.717, 1.165) is 6.42 Å². The molecule has 0 amide bonds. The van der Waals surface area contributed by atoms with Gasteiger partial charge in [-0.2, -0.15) is 0 Å². The summed E-state index contributed by atoms with van der Waals surface area (Å²) < 4.78 is 28.0. The summed E-state index contributed by atoms with van der Waals surface area (Å²) in [6.45, 7) is 2.56. The zero-order valence-electron chi connectivity index (χ0n) is 9.56. The number of sulfone groups is 1. The van der Waals surface area contributed by atoms with Crippen LogP contribution in [-0.4, -0.2) is 21.3 Å². The molecule has 16 heavy (non-hydrogen) atoms. The van der Waals surface area contributed by atoms with Crippen molar-refractivity contribution in [3.8, 4) is 5.75 Å². The Bertz CT molecular complexity index is 454. The summed E-state index contributed by atoms with van der Waals surface area (Å²) in [4.78, 5) is 0. The van der Waals surface area contributed by atoms with E-state index in [4.69, 9.17) is 10.5 Å². The minimum absolute atomic E-state index is 0.0446. The van der Waals surface area contributed by atoms with E-state index in [9.17, 15) is 8.42 Å². The normalized spacial score (nSPS) is 11.4. The number of hydrogen-bond acceptors (Lipinski definition) is 4. The van der Waals surface area contributed by atoms with E-state index in [0.29, 0.717) is 23.6 Å². The van der Waals surface area contributed by atoms with Gasteiger partial charge >= 0.3 is 0 Å². The zero-order chi connectivity index (χ0) is 12.2. The smallest absolute Gasteiger partial charge is 0.151 e. The average Bonchev–Trinajstić information content (AvgIpc) is 2.14. The molecule has 0 aromatic heterocycles. The summed E-state index contributed by atoms with van der Waals surface area (Å²) in [7, 11) is -3.08. The molecule has 1 rings (SSSR count). The van der Waals surface area contributed by atoms with Crippen LogP contribution in [0, 0.1) is 0 Å². The number of nitrogen functional groups attached to an aromatic ring is 1. The van der Waals surface area contributed by atoms with Crippen LogP contribution < -0.4 is 10.5 Å². The van der Waals surface area contributed by atoms with Crippen LogP contribution in [0.1, 0.15) is 18.9 Å². The number of benzene rings is 1. The molecule has 0 atom stereocenters. The Hall–Kier alpha value is -1.23. The van der Waals surface area contributed by atoms with E-state index in [1.54, 1.807) is 18.2 Å². The molecule has 0 saturated heterocycles. The molecule has 0 aliphatic rings. The van der Waals surface area contributed by atoms with Gasteiger partial charge in [0.1, 0.15) is 5.75 Å². The van der Waals surface area contributed by atoms with Crippen molar-refractivity contribution in [2.75, 3.05) is 18.6 Å². The predicted octanol–water partition coefficient (Wildman–Crippen LogP) is 1.60. The minimum atomic E-state index is -3.08. The monoisotopic (exact) mass is 243 g/mol. The van der Waals surface area contributed by atoms with Crippen molar-refractivity contribution in [3.05, 3.63) is 23.8 Å². The third-order valence-corrected chi connectivity index (χ3v) is 2.80. The lowest BCUT2D eigenvalue weighted by molar-refractivity contribution is 0.315. The zero-order valence-corrected chi connectivity index (χ0v) is 10.4. The molecule has 0 spiro atoms. The number of anilines is 1. The topological polar surface area (TPSA) is 69.4 Å². The van der Waals surface area contributed by atoms with Gasteiger partial charge < -0.3 is 10.5 Å². The van der Waals surface area contributed by atoms with Crippen LogP contribution in [-0.2, 0) is 15.6 Å². The summed E-state index contributed by atoms with van der Waals surface area (Å²) >= 11 is 0. The fourth-order valence-corrected chi connectivity index (χ4v) is 2.14. The van der Waals surface area contributed by atoms with E-state index in [-0.39, 0.29) is 5.75 Å². The highest BCUT2D eigenvalue weighted by Crippen LogP contribution is 2.23. The minimum Gasteiger partial charge on any atom is -0.493 e. The molecule has 0 fully saturated rings. The third-order valence-electron chi connectivity index (χ3n) is 1.96. The highest BCUT2D eigenvalue weighted by molar-refractivity contribution is 7.89. The van der Waals surface area contributed by atoms with Crippen LogP contribution in [0.3, 0.4) is 0 Å². The SMILES string of the molecule is CCCOc1ccc(N)cc1CS(C)(=O)=O. The molecule has 90 valence electrons. The first-order chi connectivity index (χ1) is 7.42. The molecule has 0 heterocycles. The molecule has 0 saturated carbocycles. The molecule has 5 heteroatoms. The second-order valence-electron chi connectivity index (χ2n) is 3.79. The van der Waals surface area contributed by atoms with Crippen LogP contribution in [0.2, 0.25) is 0 Å². The van der Waals surface area contributed by atoms with E-state index in [1.165, 1.54) is 6.26 Å². The lowest BCUT2D eigenvalue weighted by atomic mass is 10.2. The maximum atomic E-state index is 11.2. The predicted molar refractivity (Wildman–Crippen MR) is 65.2 cm³/mol. The molecule has 1 aromatic rings. The number of ether oxygens (including phenoxy) is 1. The maximum Gasteiger partial charge on any atom is 0.151 e. The molecule has 1 aromatic carbocycles. The van der Waals surface area contributed by atoms with Gasteiger partial charge in [0.05, 0.1) is 12.4 Å². The Balaban J connectivity index is 2.98. The average molecular weight is 243 g/mol. The quantitative estimate of drug-likeness (QED) is 0.797. The number of nitrogens with two attached hydrogens (primary N) is 1. The van der Waals surface area contributed by atoms with E-state index < -0.39 is 9.84 Å². The summed E-state index contributed by atoms with van der Waals surface area (Å²) in [5.74, 6) is 0.554. The number of hydrogen-bond donors (Lipinski definition) is 1. The van der Waals surface area contributed by atoms with Gasteiger partial charge in [0.2, 0.25) is 0 Å². The molecular formula is C11H17NO3S. The summed E-state index contributed by atoms with van der Waals surface area (Å²) in [5.41, 5.74) is 6.79. The highest BCUT2D eigenvalue weighted by atomic mass is 32.2. The van der Waals surface area contributed by atoms with Gasteiger partial charge in [0.25, 0.3) is 0 Å². The van der Waals surface area contributed by atoms with Gasteiger partial charge in [-0.05, 0) is 24.6 Å². The second-order valence-corrected chi connectivity index (χ2v) is 5.93. The second kappa shape index (κ2) is 5.21. The van der Waals surface area contributed by atoms with Gasteiger partial charge in [-0.25, -0.2) is 8.42 Å². The Morgan fingerprint density at radius 3 is 2.62 bits per heavy atom. The lowest BCUT2D eigenvalue weighted by Gasteiger charge is -2.10.